The molecule has 28 heavy (non-hydrogen) atoms. The van der Waals surface area contributed by atoms with Gasteiger partial charge in [-0.25, -0.2) is 4.79 Å². The third-order valence-electron chi connectivity index (χ3n) is 3.58. The molecule has 8 heteroatoms. The van der Waals surface area contributed by atoms with Crippen molar-refractivity contribution in [2.45, 2.75) is 23.7 Å². The molecule has 0 aliphatic rings. The molecule has 2 N–H and O–H groups in total. The van der Waals surface area contributed by atoms with Gasteiger partial charge in [0.25, 0.3) is 11.7 Å². The maximum atomic E-state index is 12.5. The Balaban J connectivity index is 2.08. The van der Waals surface area contributed by atoms with E-state index in [4.69, 9.17) is 4.74 Å². The van der Waals surface area contributed by atoms with Crippen molar-refractivity contribution >= 4 is 35.0 Å². The van der Waals surface area contributed by atoms with Crippen LogP contribution >= 0.6 is 11.8 Å². The van der Waals surface area contributed by atoms with Crippen LogP contribution in [0.3, 0.4) is 0 Å². The van der Waals surface area contributed by atoms with E-state index >= 15 is 0 Å². The first-order valence-electron chi connectivity index (χ1n) is 8.41. The number of hydrogen-bond donors (Lipinski definition) is 2. The minimum absolute atomic E-state index is 0.247. The number of rotatable bonds is 9. The largest absolute Gasteiger partial charge is 0.449 e. The van der Waals surface area contributed by atoms with E-state index in [1.807, 2.05) is 0 Å². The molecule has 0 aromatic heterocycles. The number of carbonyl (C=O) groups excluding carboxylic acids is 2. The van der Waals surface area contributed by atoms with E-state index in [9.17, 15) is 18.4 Å². The summed E-state index contributed by atoms with van der Waals surface area (Å²) < 4.78 is 30.0. The molecule has 2 aromatic carbocycles. The highest BCUT2D eigenvalue weighted by Gasteiger charge is 2.20. The van der Waals surface area contributed by atoms with Crippen LogP contribution in [0.1, 0.15) is 17.3 Å². The Bertz CT molecular complexity index is 828. The van der Waals surface area contributed by atoms with Crippen LogP contribution in [-0.2, 0) is 9.53 Å². The van der Waals surface area contributed by atoms with E-state index in [1.54, 1.807) is 48.5 Å². The van der Waals surface area contributed by atoms with Crippen molar-refractivity contribution in [3.63, 3.8) is 0 Å². The minimum atomic E-state index is -2.49. The molecule has 1 atom stereocenters. The van der Waals surface area contributed by atoms with E-state index in [-0.39, 0.29) is 12.1 Å². The number of para-hydroxylation sites is 1. The van der Waals surface area contributed by atoms with Gasteiger partial charge in [-0.1, -0.05) is 30.0 Å². The van der Waals surface area contributed by atoms with Gasteiger partial charge in [-0.2, -0.15) is 8.78 Å². The Kier molecular flexibility index (Phi) is 8.01. The summed E-state index contributed by atoms with van der Waals surface area (Å²) in [5, 5.41) is 5.62. The van der Waals surface area contributed by atoms with Gasteiger partial charge in [0, 0.05) is 17.1 Å². The van der Waals surface area contributed by atoms with Gasteiger partial charge < -0.3 is 15.4 Å². The van der Waals surface area contributed by atoms with Crippen LogP contribution in [0.25, 0.3) is 0 Å². The number of nitrogens with one attached hydrogen (secondary N) is 2. The maximum Gasteiger partial charge on any atom is 0.341 e. The second-order valence-electron chi connectivity index (χ2n) is 5.65. The molecule has 148 valence electrons. The summed E-state index contributed by atoms with van der Waals surface area (Å²) >= 11 is 0.457. The molecular formula is C20H20F2N2O3S. The van der Waals surface area contributed by atoms with Crippen LogP contribution < -0.4 is 10.6 Å². The second-order valence-corrected chi connectivity index (χ2v) is 6.72. The topological polar surface area (TPSA) is 67.4 Å². The Hall–Kier alpha value is -2.87. The number of carbonyl (C=O) groups is 2. The van der Waals surface area contributed by atoms with Gasteiger partial charge in [0.05, 0.1) is 11.3 Å². The zero-order chi connectivity index (χ0) is 20.5. The molecule has 0 radical (unpaired) electrons. The number of halogens is 2. The van der Waals surface area contributed by atoms with Crippen LogP contribution in [0.5, 0.6) is 0 Å². The first-order chi connectivity index (χ1) is 13.4. The van der Waals surface area contributed by atoms with E-state index < -0.39 is 23.7 Å². The Morgan fingerprint density at radius 2 is 1.86 bits per heavy atom. The Morgan fingerprint density at radius 3 is 2.50 bits per heavy atom. The minimum Gasteiger partial charge on any atom is -0.449 e. The third kappa shape index (κ3) is 6.38. The SMILES string of the molecule is C=CCNC(=O)C(C)OC(=O)c1ccccc1Nc1ccc(SC(F)F)cc1. The normalized spacial score (nSPS) is 11.6. The van der Waals surface area contributed by atoms with Crippen molar-refractivity contribution in [3.8, 4) is 0 Å². The van der Waals surface area contributed by atoms with E-state index in [0.717, 1.165) is 0 Å². The average molecular weight is 406 g/mol. The lowest BCUT2D eigenvalue weighted by Gasteiger charge is -2.15. The number of anilines is 2. The first kappa shape index (κ1) is 21.4. The highest BCUT2D eigenvalue weighted by atomic mass is 32.2. The summed E-state index contributed by atoms with van der Waals surface area (Å²) in [6.07, 6.45) is 0.558. The van der Waals surface area contributed by atoms with Crippen molar-refractivity contribution in [3.05, 3.63) is 66.7 Å². The first-order valence-corrected chi connectivity index (χ1v) is 9.29. The van der Waals surface area contributed by atoms with E-state index in [0.29, 0.717) is 28.0 Å². The smallest absolute Gasteiger partial charge is 0.341 e. The van der Waals surface area contributed by atoms with Crippen molar-refractivity contribution in [2.24, 2.45) is 0 Å². The van der Waals surface area contributed by atoms with Gasteiger partial charge in [0.2, 0.25) is 0 Å². The van der Waals surface area contributed by atoms with Gasteiger partial charge >= 0.3 is 5.97 Å². The quantitative estimate of drug-likeness (QED) is 0.362. The lowest BCUT2D eigenvalue weighted by molar-refractivity contribution is -0.128. The molecule has 5 nitrogen and oxygen atoms in total. The fourth-order valence-corrected chi connectivity index (χ4v) is 2.74. The molecule has 0 aliphatic carbocycles. The predicted octanol–water partition coefficient (Wildman–Crippen LogP) is 4.59. The zero-order valence-electron chi connectivity index (χ0n) is 15.2. The highest BCUT2D eigenvalue weighted by molar-refractivity contribution is 7.99. The van der Waals surface area contributed by atoms with Crippen molar-refractivity contribution < 1.29 is 23.1 Å². The van der Waals surface area contributed by atoms with Gasteiger partial charge in [-0.15, -0.1) is 6.58 Å². The number of amides is 1. The molecule has 1 amide bonds. The molecule has 2 rings (SSSR count). The number of benzene rings is 2. The van der Waals surface area contributed by atoms with Crippen LogP contribution in [0.2, 0.25) is 0 Å². The van der Waals surface area contributed by atoms with Crippen molar-refractivity contribution in [1.29, 1.82) is 0 Å². The number of alkyl halides is 2. The predicted molar refractivity (Wildman–Crippen MR) is 106 cm³/mol. The molecule has 0 aliphatic heterocycles. The molecule has 0 fully saturated rings. The van der Waals surface area contributed by atoms with Crippen molar-refractivity contribution in [1.82, 2.24) is 5.32 Å². The summed E-state index contributed by atoms with van der Waals surface area (Å²) in [6, 6.07) is 13.1. The van der Waals surface area contributed by atoms with Crippen LogP contribution in [0, 0.1) is 0 Å². The summed E-state index contributed by atoms with van der Waals surface area (Å²) in [4.78, 5) is 24.8. The standard InChI is InChI=1S/C20H20F2N2O3S/c1-3-12-23-18(25)13(2)27-19(26)16-6-4-5-7-17(16)24-14-8-10-15(11-9-14)28-20(21)22/h3-11,13,20,24H,1,12H2,2H3,(H,23,25). The summed E-state index contributed by atoms with van der Waals surface area (Å²) in [6.45, 7) is 5.26. The van der Waals surface area contributed by atoms with E-state index in [2.05, 4.69) is 17.2 Å². The summed E-state index contributed by atoms with van der Waals surface area (Å²) in [5.74, 6) is -3.57. The lowest BCUT2D eigenvalue weighted by atomic mass is 10.1. The number of thioether (sulfide) groups is 1. The highest BCUT2D eigenvalue weighted by Crippen LogP contribution is 2.28. The zero-order valence-corrected chi connectivity index (χ0v) is 16.0. The fraction of sp³-hybridized carbons (Fsp3) is 0.200. The Labute approximate surface area is 166 Å². The van der Waals surface area contributed by atoms with Crippen molar-refractivity contribution in [2.75, 3.05) is 11.9 Å². The van der Waals surface area contributed by atoms with Gasteiger partial charge in [-0.3, -0.25) is 4.79 Å². The van der Waals surface area contributed by atoms with E-state index in [1.165, 1.54) is 13.0 Å². The number of esters is 1. The average Bonchev–Trinajstić information content (AvgIpc) is 2.67. The number of hydrogen-bond acceptors (Lipinski definition) is 5. The molecular weight excluding hydrogens is 386 g/mol. The lowest BCUT2D eigenvalue weighted by Crippen LogP contribution is -2.35. The van der Waals surface area contributed by atoms with Gasteiger partial charge in [-0.05, 0) is 43.3 Å². The summed E-state index contributed by atoms with van der Waals surface area (Å²) in [7, 11) is 0. The molecule has 0 heterocycles. The fourth-order valence-electron chi connectivity index (χ4n) is 2.24. The van der Waals surface area contributed by atoms with Gasteiger partial charge in [0.15, 0.2) is 6.10 Å². The maximum absolute atomic E-state index is 12.5. The second kappa shape index (κ2) is 10.5. The third-order valence-corrected chi connectivity index (χ3v) is 4.30. The molecule has 2 aromatic rings. The molecule has 0 spiro atoms. The monoisotopic (exact) mass is 406 g/mol. The summed E-state index contributed by atoms with van der Waals surface area (Å²) in [5.41, 5.74) is 1.34. The van der Waals surface area contributed by atoms with Gasteiger partial charge in [0.1, 0.15) is 0 Å². The van der Waals surface area contributed by atoms with Crippen LogP contribution in [-0.4, -0.2) is 30.3 Å². The molecule has 1 unspecified atom stereocenters. The molecule has 0 saturated carbocycles. The Morgan fingerprint density at radius 1 is 1.18 bits per heavy atom. The van der Waals surface area contributed by atoms with Crippen LogP contribution in [0.15, 0.2) is 66.1 Å². The molecule has 0 bridgehead atoms. The molecule has 0 saturated heterocycles. The number of ether oxygens (including phenoxy) is 1. The van der Waals surface area contributed by atoms with Crippen LogP contribution in [0.4, 0.5) is 20.2 Å².